The molecule has 0 aliphatic rings. The summed E-state index contributed by atoms with van der Waals surface area (Å²) in [6.07, 6.45) is 0.0805. The van der Waals surface area contributed by atoms with E-state index in [1.165, 1.54) is 12.4 Å². The number of nitrogens with one attached hydrogen (secondary N) is 2. The number of benzene rings is 1. The molecule has 3 aromatic rings. The third kappa shape index (κ3) is 4.08. The Morgan fingerprint density at radius 1 is 1.15 bits per heavy atom. The smallest absolute Gasteiger partial charge is 0.373 e. The number of aryl methyl sites for hydroxylation is 1. The molecular formula is C18H16F3N5O. The van der Waals surface area contributed by atoms with Crippen molar-refractivity contribution >= 4 is 17.4 Å². The van der Waals surface area contributed by atoms with Crippen molar-refractivity contribution in [2.45, 2.75) is 13.1 Å². The minimum atomic E-state index is -4.48. The lowest BCUT2D eigenvalue weighted by Crippen LogP contribution is -2.14. The number of anilines is 2. The van der Waals surface area contributed by atoms with Gasteiger partial charge >= 0.3 is 6.18 Å². The number of carbonyl (C=O) groups excluding carboxylic acids is 1. The first-order valence-corrected chi connectivity index (χ1v) is 7.95. The molecule has 0 radical (unpaired) electrons. The zero-order valence-corrected chi connectivity index (χ0v) is 14.5. The number of amides is 1. The molecule has 0 unspecified atom stereocenters. The third-order valence-corrected chi connectivity index (χ3v) is 3.94. The van der Waals surface area contributed by atoms with Gasteiger partial charge in [0.2, 0.25) is 0 Å². The van der Waals surface area contributed by atoms with Crippen LogP contribution in [0.4, 0.5) is 24.7 Å². The van der Waals surface area contributed by atoms with Crippen molar-refractivity contribution in [3.8, 4) is 5.82 Å². The van der Waals surface area contributed by atoms with Gasteiger partial charge < -0.3 is 15.2 Å². The molecule has 0 bridgehead atoms. The van der Waals surface area contributed by atoms with E-state index in [1.54, 1.807) is 43.1 Å². The van der Waals surface area contributed by atoms with E-state index in [4.69, 9.17) is 0 Å². The lowest BCUT2D eigenvalue weighted by molar-refractivity contribution is -0.137. The highest BCUT2D eigenvalue weighted by molar-refractivity contribution is 6.04. The largest absolute Gasteiger partial charge is 0.416 e. The van der Waals surface area contributed by atoms with Crippen LogP contribution in [0.15, 0.2) is 49.1 Å². The molecule has 2 N–H and O–H groups in total. The van der Waals surface area contributed by atoms with Crippen LogP contribution in [-0.4, -0.2) is 27.5 Å². The molecule has 140 valence electrons. The van der Waals surface area contributed by atoms with Crippen LogP contribution in [0.5, 0.6) is 0 Å². The Bertz CT molecular complexity index is 981. The number of hydrogen-bond acceptors (Lipinski definition) is 4. The fraction of sp³-hybridized carbons (Fsp3) is 0.167. The molecule has 27 heavy (non-hydrogen) atoms. The molecule has 9 heteroatoms. The summed E-state index contributed by atoms with van der Waals surface area (Å²) in [6, 6.07) is 6.48. The number of carbonyl (C=O) groups is 1. The summed E-state index contributed by atoms with van der Waals surface area (Å²) in [7, 11) is 1.72. The van der Waals surface area contributed by atoms with Gasteiger partial charge in [-0.2, -0.15) is 13.2 Å². The first-order valence-electron chi connectivity index (χ1n) is 7.95. The quantitative estimate of drug-likeness (QED) is 0.726. The van der Waals surface area contributed by atoms with Crippen molar-refractivity contribution in [3.63, 3.8) is 0 Å². The number of rotatable bonds is 4. The van der Waals surface area contributed by atoms with Gasteiger partial charge in [0, 0.05) is 31.2 Å². The second-order valence-electron chi connectivity index (χ2n) is 5.80. The van der Waals surface area contributed by atoms with E-state index in [-0.39, 0.29) is 11.3 Å². The van der Waals surface area contributed by atoms with E-state index in [1.807, 2.05) is 0 Å². The summed E-state index contributed by atoms with van der Waals surface area (Å²) in [6.45, 7) is 1.63. The highest BCUT2D eigenvalue weighted by Gasteiger charge is 2.31. The number of halogens is 3. The van der Waals surface area contributed by atoms with Gasteiger partial charge in [-0.15, -0.1) is 0 Å². The van der Waals surface area contributed by atoms with Crippen LogP contribution >= 0.6 is 0 Å². The minimum absolute atomic E-state index is 0.113. The Labute approximate surface area is 153 Å². The van der Waals surface area contributed by atoms with Gasteiger partial charge in [0.05, 0.1) is 11.1 Å². The van der Waals surface area contributed by atoms with Gasteiger partial charge in [0.15, 0.2) is 0 Å². The van der Waals surface area contributed by atoms with Gasteiger partial charge in [0.25, 0.3) is 5.91 Å². The van der Waals surface area contributed by atoms with Crippen LogP contribution in [-0.2, 0) is 6.18 Å². The average Bonchev–Trinajstić information content (AvgIpc) is 3.13. The van der Waals surface area contributed by atoms with Crippen LogP contribution in [0.25, 0.3) is 5.82 Å². The van der Waals surface area contributed by atoms with Crippen LogP contribution < -0.4 is 10.6 Å². The summed E-state index contributed by atoms with van der Waals surface area (Å²) >= 11 is 0. The maximum Gasteiger partial charge on any atom is 0.416 e. The summed E-state index contributed by atoms with van der Waals surface area (Å²) in [5, 5.41) is 5.42. The summed E-state index contributed by atoms with van der Waals surface area (Å²) in [5.41, 5.74) is 0.116. The van der Waals surface area contributed by atoms with Crippen molar-refractivity contribution in [2.75, 3.05) is 17.7 Å². The summed E-state index contributed by atoms with van der Waals surface area (Å²) in [4.78, 5) is 20.6. The van der Waals surface area contributed by atoms with Crippen LogP contribution in [0.2, 0.25) is 0 Å². The van der Waals surface area contributed by atoms with Gasteiger partial charge in [-0.25, -0.2) is 9.97 Å². The molecule has 0 aliphatic heterocycles. The Hall–Kier alpha value is -3.36. The molecule has 1 amide bonds. The summed E-state index contributed by atoms with van der Waals surface area (Å²) < 4.78 is 40.3. The highest BCUT2D eigenvalue weighted by atomic mass is 19.4. The zero-order valence-electron chi connectivity index (χ0n) is 14.5. The average molecular weight is 375 g/mol. The number of nitrogens with zero attached hydrogens (tertiary/aromatic N) is 3. The number of alkyl halides is 3. The fourth-order valence-electron chi connectivity index (χ4n) is 2.43. The van der Waals surface area contributed by atoms with Crippen LogP contribution in [0.1, 0.15) is 21.5 Å². The maximum atomic E-state index is 12.9. The Kier molecular flexibility index (Phi) is 4.85. The van der Waals surface area contributed by atoms with E-state index >= 15 is 0 Å². The monoisotopic (exact) mass is 375 g/mol. The molecule has 0 spiro atoms. The maximum absolute atomic E-state index is 12.9. The molecule has 0 aliphatic carbocycles. The van der Waals surface area contributed by atoms with E-state index in [9.17, 15) is 18.0 Å². The first kappa shape index (κ1) is 18.4. The van der Waals surface area contributed by atoms with Crippen molar-refractivity contribution in [1.29, 1.82) is 0 Å². The van der Waals surface area contributed by atoms with E-state index in [0.29, 0.717) is 17.2 Å². The van der Waals surface area contributed by atoms with E-state index < -0.39 is 17.6 Å². The predicted octanol–water partition coefficient (Wildman–Crippen LogP) is 3.89. The van der Waals surface area contributed by atoms with E-state index in [0.717, 1.165) is 12.1 Å². The lowest BCUT2D eigenvalue weighted by Gasteiger charge is -2.12. The minimum Gasteiger partial charge on any atom is -0.373 e. The van der Waals surface area contributed by atoms with Gasteiger partial charge in [0.1, 0.15) is 18.0 Å². The summed E-state index contributed by atoms with van der Waals surface area (Å²) in [5.74, 6) is 0.641. The van der Waals surface area contributed by atoms with Crippen molar-refractivity contribution in [1.82, 2.24) is 14.5 Å². The Balaban J connectivity index is 1.83. The third-order valence-electron chi connectivity index (χ3n) is 3.94. The van der Waals surface area contributed by atoms with Crippen molar-refractivity contribution in [3.05, 3.63) is 65.7 Å². The van der Waals surface area contributed by atoms with Crippen molar-refractivity contribution in [2.24, 2.45) is 0 Å². The zero-order chi connectivity index (χ0) is 19.6. The lowest BCUT2D eigenvalue weighted by atomic mass is 10.1. The SMILES string of the molecule is CNc1cc(-n2ccc(C(=O)Nc3cc(C(F)(F)F)ccc3C)c2)ncn1. The fourth-order valence-corrected chi connectivity index (χ4v) is 2.43. The molecular weight excluding hydrogens is 359 g/mol. The predicted molar refractivity (Wildman–Crippen MR) is 95.0 cm³/mol. The number of hydrogen-bond donors (Lipinski definition) is 2. The number of aromatic nitrogens is 3. The first-order chi connectivity index (χ1) is 12.8. The van der Waals surface area contributed by atoms with Crippen LogP contribution in [0, 0.1) is 6.92 Å². The normalized spacial score (nSPS) is 11.3. The molecule has 6 nitrogen and oxygen atoms in total. The van der Waals surface area contributed by atoms with Crippen molar-refractivity contribution < 1.29 is 18.0 Å². The Morgan fingerprint density at radius 2 is 1.93 bits per heavy atom. The highest BCUT2D eigenvalue weighted by Crippen LogP contribution is 2.32. The molecule has 0 atom stereocenters. The molecule has 2 heterocycles. The van der Waals surface area contributed by atoms with Gasteiger partial charge in [-0.05, 0) is 30.7 Å². The van der Waals surface area contributed by atoms with Gasteiger partial charge in [-0.3, -0.25) is 4.79 Å². The van der Waals surface area contributed by atoms with Crippen LogP contribution in [0.3, 0.4) is 0 Å². The topological polar surface area (TPSA) is 71.8 Å². The second kappa shape index (κ2) is 7.10. The molecule has 1 aromatic carbocycles. The Morgan fingerprint density at radius 3 is 2.63 bits per heavy atom. The molecule has 0 fully saturated rings. The molecule has 0 saturated carbocycles. The molecule has 2 aromatic heterocycles. The molecule has 0 saturated heterocycles. The standard InChI is InChI=1S/C18H16F3N5O/c1-11-3-4-13(18(19,20)21)7-14(11)25-17(27)12-5-6-26(9-12)16-8-15(22-2)23-10-24-16/h3-10H,1-2H3,(H,25,27)(H,22,23,24). The second-order valence-corrected chi connectivity index (χ2v) is 5.80. The van der Waals surface area contributed by atoms with E-state index in [2.05, 4.69) is 20.6 Å². The van der Waals surface area contributed by atoms with Gasteiger partial charge in [-0.1, -0.05) is 6.07 Å². The molecule has 3 rings (SSSR count).